The molecule has 0 N–H and O–H groups in total. The number of amides is 1. The monoisotopic (exact) mass is 367 g/mol. The molecular weight excluding hydrogens is 349 g/mol. The van der Waals surface area contributed by atoms with Crippen molar-refractivity contribution in [1.29, 1.82) is 0 Å². The summed E-state index contributed by atoms with van der Waals surface area (Å²) in [6, 6.07) is 10.5. The standard InChI is InChI=1S/C18H19Cl2NO3/c1-4-21(11-12-5-7-14(19)15(20)9-12)18(22)13-6-8-16(23-2)17(10-13)24-3/h5-10H,4,11H2,1-3H3. The lowest BCUT2D eigenvalue weighted by Gasteiger charge is -2.22. The highest BCUT2D eigenvalue weighted by molar-refractivity contribution is 6.42. The molecule has 0 unspecified atom stereocenters. The van der Waals surface area contributed by atoms with Gasteiger partial charge < -0.3 is 14.4 Å². The molecule has 0 spiro atoms. The number of benzene rings is 2. The Morgan fingerprint density at radius 1 is 1.00 bits per heavy atom. The van der Waals surface area contributed by atoms with Crippen LogP contribution in [0, 0.1) is 0 Å². The van der Waals surface area contributed by atoms with Crippen LogP contribution in [0.15, 0.2) is 36.4 Å². The molecule has 0 bridgehead atoms. The van der Waals surface area contributed by atoms with Crippen molar-refractivity contribution in [3.8, 4) is 11.5 Å². The van der Waals surface area contributed by atoms with E-state index in [1.807, 2.05) is 13.0 Å². The van der Waals surface area contributed by atoms with Crippen LogP contribution in [0.2, 0.25) is 10.0 Å². The lowest BCUT2D eigenvalue weighted by Crippen LogP contribution is -2.30. The maximum Gasteiger partial charge on any atom is 0.254 e. The van der Waals surface area contributed by atoms with Crippen molar-refractivity contribution in [1.82, 2.24) is 4.90 Å². The van der Waals surface area contributed by atoms with E-state index < -0.39 is 0 Å². The maximum absolute atomic E-state index is 12.8. The van der Waals surface area contributed by atoms with Gasteiger partial charge in [-0.05, 0) is 42.8 Å². The number of hydrogen-bond donors (Lipinski definition) is 0. The van der Waals surface area contributed by atoms with Gasteiger partial charge >= 0.3 is 0 Å². The van der Waals surface area contributed by atoms with Crippen LogP contribution >= 0.6 is 23.2 Å². The Morgan fingerprint density at radius 3 is 2.29 bits per heavy atom. The fourth-order valence-corrected chi connectivity index (χ4v) is 2.66. The van der Waals surface area contributed by atoms with Gasteiger partial charge in [0.05, 0.1) is 24.3 Å². The lowest BCUT2D eigenvalue weighted by molar-refractivity contribution is 0.0752. The highest BCUT2D eigenvalue weighted by Crippen LogP contribution is 2.28. The molecule has 0 heterocycles. The summed E-state index contributed by atoms with van der Waals surface area (Å²) in [6.07, 6.45) is 0. The third kappa shape index (κ3) is 4.13. The van der Waals surface area contributed by atoms with Crippen molar-refractivity contribution < 1.29 is 14.3 Å². The van der Waals surface area contributed by atoms with E-state index in [0.29, 0.717) is 40.2 Å². The summed E-state index contributed by atoms with van der Waals surface area (Å²) in [5.74, 6) is 1.01. The molecule has 0 aliphatic carbocycles. The molecule has 0 aliphatic heterocycles. The van der Waals surface area contributed by atoms with Gasteiger partial charge in [0.15, 0.2) is 11.5 Å². The van der Waals surface area contributed by atoms with E-state index in [9.17, 15) is 4.79 Å². The molecule has 6 heteroatoms. The average Bonchev–Trinajstić information content (AvgIpc) is 2.61. The number of rotatable bonds is 6. The second-order valence-corrected chi connectivity index (χ2v) is 5.95. The fourth-order valence-electron chi connectivity index (χ4n) is 2.34. The number of carbonyl (C=O) groups excluding carboxylic acids is 1. The van der Waals surface area contributed by atoms with E-state index in [1.165, 1.54) is 0 Å². The molecule has 0 fully saturated rings. The molecule has 4 nitrogen and oxygen atoms in total. The van der Waals surface area contributed by atoms with Gasteiger partial charge in [0.1, 0.15) is 0 Å². The SMILES string of the molecule is CCN(Cc1ccc(Cl)c(Cl)c1)C(=O)c1ccc(OC)c(OC)c1. The van der Waals surface area contributed by atoms with Crippen molar-refractivity contribution in [2.45, 2.75) is 13.5 Å². The quantitative estimate of drug-likeness (QED) is 0.744. The van der Waals surface area contributed by atoms with Gasteiger partial charge in [0.2, 0.25) is 0 Å². The predicted octanol–water partition coefficient (Wildman–Crippen LogP) is 4.67. The third-order valence-corrected chi connectivity index (χ3v) is 4.40. The Hall–Kier alpha value is -1.91. The summed E-state index contributed by atoms with van der Waals surface area (Å²) in [7, 11) is 3.10. The molecule has 0 saturated heterocycles. The highest BCUT2D eigenvalue weighted by atomic mass is 35.5. The van der Waals surface area contributed by atoms with Crippen LogP contribution in [-0.2, 0) is 6.54 Å². The number of hydrogen-bond acceptors (Lipinski definition) is 3. The van der Waals surface area contributed by atoms with Crippen LogP contribution in [-0.4, -0.2) is 31.6 Å². The van der Waals surface area contributed by atoms with Gasteiger partial charge in [0.25, 0.3) is 5.91 Å². The van der Waals surface area contributed by atoms with E-state index in [-0.39, 0.29) is 5.91 Å². The first-order chi connectivity index (χ1) is 11.5. The Kier molecular flexibility index (Phi) is 6.35. The molecular formula is C18H19Cl2NO3. The Labute approximate surface area is 151 Å². The largest absolute Gasteiger partial charge is 0.493 e. The van der Waals surface area contributed by atoms with Gasteiger partial charge in [-0.2, -0.15) is 0 Å². The lowest BCUT2D eigenvalue weighted by atomic mass is 10.1. The fraction of sp³-hybridized carbons (Fsp3) is 0.278. The molecule has 2 aromatic carbocycles. The number of nitrogens with zero attached hydrogens (tertiary/aromatic N) is 1. The van der Waals surface area contributed by atoms with Crippen molar-refractivity contribution in [2.24, 2.45) is 0 Å². The second-order valence-electron chi connectivity index (χ2n) is 5.14. The second kappa shape index (κ2) is 8.27. The first kappa shape index (κ1) is 18.4. The van der Waals surface area contributed by atoms with Gasteiger partial charge in [-0.25, -0.2) is 0 Å². The zero-order valence-electron chi connectivity index (χ0n) is 13.8. The molecule has 0 radical (unpaired) electrons. The number of ether oxygens (including phenoxy) is 2. The zero-order chi connectivity index (χ0) is 17.7. The molecule has 1 amide bonds. The minimum Gasteiger partial charge on any atom is -0.493 e. The first-order valence-corrected chi connectivity index (χ1v) is 8.21. The van der Waals surface area contributed by atoms with Crippen molar-refractivity contribution >= 4 is 29.1 Å². The van der Waals surface area contributed by atoms with Gasteiger partial charge in [0, 0.05) is 18.7 Å². The van der Waals surface area contributed by atoms with Crippen LogP contribution in [0.25, 0.3) is 0 Å². The summed E-state index contributed by atoms with van der Waals surface area (Å²) < 4.78 is 10.5. The zero-order valence-corrected chi connectivity index (χ0v) is 15.3. The number of carbonyl (C=O) groups is 1. The molecule has 0 saturated carbocycles. The Balaban J connectivity index is 2.23. The van der Waals surface area contributed by atoms with E-state index in [2.05, 4.69) is 0 Å². The maximum atomic E-state index is 12.8. The van der Waals surface area contributed by atoms with E-state index in [0.717, 1.165) is 5.56 Å². The number of methoxy groups -OCH3 is 2. The Morgan fingerprint density at radius 2 is 1.71 bits per heavy atom. The summed E-state index contributed by atoms with van der Waals surface area (Å²) in [5.41, 5.74) is 1.45. The van der Waals surface area contributed by atoms with Gasteiger partial charge in [-0.15, -0.1) is 0 Å². The minimum absolute atomic E-state index is 0.0930. The van der Waals surface area contributed by atoms with E-state index in [4.69, 9.17) is 32.7 Å². The smallest absolute Gasteiger partial charge is 0.254 e. The first-order valence-electron chi connectivity index (χ1n) is 7.45. The minimum atomic E-state index is -0.0930. The third-order valence-electron chi connectivity index (χ3n) is 3.66. The molecule has 0 aromatic heterocycles. The van der Waals surface area contributed by atoms with Crippen LogP contribution < -0.4 is 9.47 Å². The summed E-state index contributed by atoms with van der Waals surface area (Å²) in [6.45, 7) is 2.93. The summed E-state index contributed by atoms with van der Waals surface area (Å²) >= 11 is 12.0. The molecule has 2 rings (SSSR count). The molecule has 24 heavy (non-hydrogen) atoms. The molecule has 0 atom stereocenters. The normalized spacial score (nSPS) is 10.4. The van der Waals surface area contributed by atoms with E-state index >= 15 is 0 Å². The van der Waals surface area contributed by atoms with Crippen LogP contribution in [0.1, 0.15) is 22.8 Å². The molecule has 0 aliphatic rings. The summed E-state index contributed by atoms with van der Waals surface area (Å²) in [5, 5.41) is 0.971. The van der Waals surface area contributed by atoms with Crippen molar-refractivity contribution in [3.05, 3.63) is 57.6 Å². The molecule has 128 valence electrons. The van der Waals surface area contributed by atoms with Gasteiger partial charge in [-0.1, -0.05) is 29.3 Å². The molecule has 2 aromatic rings. The Bertz CT molecular complexity index is 734. The van der Waals surface area contributed by atoms with Crippen LogP contribution in [0.3, 0.4) is 0 Å². The van der Waals surface area contributed by atoms with E-state index in [1.54, 1.807) is 49.5 Å². The van der Waals surface area contributed by atoms with Crippen molar-refractivity contribution in [2.75, 3.05) is 20.8 Å². The topological polar surface area (TPSA) is 38.8 Å². The average molecular weight is 368 g/mol. The van der Waals surface area contributed by atoms with Crippen LogP contribution in [0.4, 0.5) is 0 Å². The predicted molar refractivity (Wildman–Crippen MR) is 96.4 cm³/mol. The van der Waals surface area contributed by atoms with Gasteiger partial charge in [-0.3, -0.25) is 4.79 Å². The van der Waals surface area contributed by atoms with Crippen LogP contribution in [0.5, 0.6) is 11.5 Å². The summed E-state index contributed by atoms with van der Waals surface area (Å²) in [4.78, 5) is 14.5. The highest BCUT2D eigenvalue weighted by Gasteiger charge is 2.17. The number of halogens is 2. The van der Waals surface area contributed by atoms with Crippen molar-refractivity contribution in [3.63, 3.8) is 0 Å².